The topological polar surface area (TPSA) is 93.1 Å². The molecule has 1 aliphatic carbocycles. The van der Waals surface area contributed by atoms with Crippen LogP contribution in [0.3, 0.4) is 0 Å². The number of aryl methyl sites for hydroxylation is 2. The number of hydrogen-bond acceptors (Lipinski definition) is 6. The van der Waals surface area contributed by atoms with Crippen LogP contribution >= 0.6 is 0 Å². The van der Waals surface area contributed by atoms with Gasteiger partial charge in [-0.3, -0.25) is 4.79 Å². The smallest absolute Gasteiger partial charge is 0.335 e. The van der Waals surface area contributed by atoms with Gasteiger partial charge in [-0.05, 0) is 101 Å². The highest BCUT2D eigenvalue weighted by molar-refractivity contribution is 5.89. The summed E-state index contributed by atoms with van der Waals surface area (Å²) in [5.41, 5.74) is 7.23. The highest BCUT2D eigenvalue weighted by Gasteiger charge is 2.29. The zero-order valence-electron chi connectivity index (χ0n) is 28.6. The molecule has 1 fully saturated rings. The number of unbranched alkanes of at least 4 members (excludes halogenated alkanes) is 2. The molecular formula is C41H54O6. The number of fused-ring (bicyclic) bond motifs is 1. The van der Waals surface area contributed by atoms with Gasteiger partial charge in [0.15, 0.2) is 0 Å². The van der Waals surface area contributed by atoms with Crippen LogP contribution in [0.4, 0.5) is 0 Å². The summed E-state index contributed by atoms with van der Waals surface area (Å²) in [5.74, 6) is 0.641. The third-order valence-corrected chi connectivity index (χ3v) is 9.36. The summed E-state index contributed by atoms with van der Waals surface area (Å²) in [4.78, 5) is 21.5. The molecule has 2 N–H and O–H groups in total. The van der Waals surface area contributed by atoms with Crippen molar-refractivity contribution in [2.45, 2.75) is 77.6 Å². The van der Waals surface area contributed by atoms with Crippen molar-refractivity contribution in [3.63, 3.8) is 0 Å². The number of hydrogen-bond donors (Lipinski definition) is 2. The summed E-state index contributed by atoms with van der Waals surface area (Å²) < 4.78 is 10.9. The van der Waals surface area contributed by atoms with E-state index in [0.29, 0.717) is 31.3 Å². The molecule has 0 saturated heterocycles. The first-order chi connectivity index (χ1) is 22.8. The van der Waals surface area contributed by atoms with Gasteiger partial charge in [0.2, 0.25) is 0 Å². The molecular weight excluding hydrogens is 588 g/mol. The van der Waals surface area contributed by atoms with Crippen LogP contribution in [-0.2, 0) is 31.9 Å². The highest BCUT2D eigenvalue weighted by Crippen LogP contribution is 2.40. The van der Waals surface area contributed by atoms with Gasteiger partial charge in [0.1, 0.15) is 6.29 Å². The number of aldehydes is 1. The Morgan fingerprint density at radius 3 is 2.26 bits per heavy atom. The van der Waals surface area contributed by atoms with Gasteiger partial charge in [0, 0.05) is 18.6 Å². The zero-order chi connectivity index (χ0) is 34.2. The quantitative estimate of drug-likeness (QED) is 0.0709. The average Bonchev–Trinajstić information content (AvgIpc) is 3.12. The first-order valence-corrected chi connectivity index (χ1v) is 17.1. The largest absolute Gasteiger partial charge is 0.462 e. The number of aliphatic hydroxyl groups is 2. The van der Waals surface area contributed by atoms with E-state index >= 15 is 0 Å². The van der Waals surface area contributed by atoms with E-state index < -0.39 is 5.97 Å². The fraction of sp³-hybridized carbons (Fsp3) is 0.463. The van der Waals surface area contributed by atoms with Crippen molar-refractivity contribution < 1.29 is 29.3 Å². The molecule has 1 atom stereocenters. The van der Waals surface area contributed by atoms with Gasteiger partial charge >= 0.3 is 5.97 Å². The molecule has 3 aromatic carbocycles. The van der Waals surface area contributed by atoms with Crippen molar-refractivity contribution in [1.29, 1.82) is 0 Å². The number of carbonyl (C=O) groups is 2. The summed E-state index contributed by atoms with van der Waals surface area (Å²) in [6.07, 6.45) is 10.9. The monoisotopic (exact) mass is 642 g/mol. The molecule has 3 aromatic rings. The first kappa shape index (κ1) is 37.9. The maximum Gasteiger partial charge on any atom is 0.335 e. The predicted molar refractivity (Wildman–Crippen MR) is 192 cm³/mol. The molecule has 0 spiro atoms. The molecule has 0 heterocycles. The van der Waals surface area contributed by atoms with E-state index in [9.17, 15) is 9.59 Å². The van der Waals surface area contributed by atoms with Crippen molar-refractivity contribution in [2.75, 3.05) is 33.5 Å². The summed E-state index contributed by atoms with van der Waals surface area (Å²) in [6, 6.07) is 21.0. The molecule has 1 aliphatic rings. The summed E-state index contributed by atoms with van der Waals surface area (Å²) >= 11 is 0. The number of ether oxygens (including phenoxy) is 2. The van der Waals surface area contributed by atoms with Gasteiger partial charge < -0.3 is 19.7 Å². The van der Waals surface area contributed by atoms with Gasteiger partial charge in [0.25, 0.3) is 0 Å². The van der Waals surface area contributed by atoms with Crippen molar-refractivity contribution in [3.8, 4) is 11.1 Å². The molecule has 254 valence electrons. The molecule has 0 bridgehead atoms. The lowest BCUT2D eigenvalue weighted by Crippen LogP contribution is -2.29. The van der Waals surface area contributed by atoms with E-state index in [1.165, 1.54) is 57.9 Å². The van der Waals surface area contributed by atoms with E-state index in [1.54, 1.807) is 7.11 Å². The number of methoxy groups -OCH3 is 1. The maximum absolute atomic E-state index is 12.0. The number of rotatable bonds is 16. The standard InChI is InChI=1S/C37H48O4.C4H6O2/c1-5-7-8-9-27-10-11-33-22-34(17-16-31(33)20-27)36-19-18-32(21-28(36)6-2)29-12-14-30(15-13-29)35(24-40-4)25-41-37(39)26(3)23-38;1-4(2-5)3-6/h10-11,16-22,29-30,35,38H,3,5-9,12-15,23-25H2,1-2,4H3;2,6H,1,3H2. The number of esters is 1. The van der Waals surface area contributed by atoms with E-state index in [2.05, 4.69) is 81.6 Å². The Hall–Kier alpha value is -3.58. The molecule has 4 rings (SSSR count). The lowest BCUT2D eigenvalue weighted by Gasteiger charge is -2.34. The van der Waals surface area contributed by atoms with E-state index in [4.69, 9.17) is 19.7 Å². The molecule has 0 radical (unpaired) electrons. The molecule has 0 aromatic heterocycles. The van der Waals surface area contributed by atoms with Crippen molar-refractivity contribution in [3.05, 3.63) is 95.6 Å². The first-order valence-electron chi connectivity index (χ1n) is 17.1. The zero-order valence-corrected chi connectivity index (χ0v) is 28.6. The Balaban J connectivity index is 0.000000913. The SMILES string of the molecule is C=C(C=O)CO.C=C(CO)C(=O)OCC(COC)C1CCC(c2ccc(-c3ccc4cc(CCCCC)ccc4c3)c(CC)c2)CC1. The molecule has 6 nitrogen and oxygen atoms in total. The molecule has 0 amide bonds. The van der Waals surface area contributed by atoms with Crippen LogP contribution in [0.1, 0.15) is 81.4 Å². The van der Waals surface area contributed by atoms with E-state index in [0.717, 1.165) is 38.5 Å². The van der Waals surface area contributed by atoms with Gasteiger partial charge in [-0.25, -0.2) is 4.79 Å². The lowest BCUT2D eigenvalue weighted by molar-refractivity contribution is -0.142. The second-order valence-electron chi connectivity index (χ2n) is 12.7. The van der Waals surface area contributed by atoms with Crippen LogP contribution in [0.5, 0.6) is 0 Å². The van der Waals surface area contributed by atoms with Crippen molar-refractivity contribution >= 4 is 23.0 Å². The Bertz CT molecular complexity index is 1470. The second kappa shape index (κ2) is 19.9. The van der Waals surface area contributed by atoms with Crippen LogP contribution in [0.2, 0.25) is 0 Å². The van der Waals surface area contributed by atoms with E-state index in [1.807, 2.05) is 0 Å². The van der Waals surface area contributed by atoms with Gasteiger partial charge in [-0.15, -0.1) is 0 Å². The van der Waals surface area contributed by atoms with Crippen LogP contribution < -0.4 is 0 Å². The van der Waals surface area contributed by atoms with E-state index in [-0.39, 0.29) is 30.3 Å². The molecule has 6 heteroatoms. The highest BCUT2D eigenvalue weighted by atomic mass is 16.5. The number of benzene rings is 3. The summed E-state index contributed by atoms with van der Waals surface area (Å²) in [6.45, 7) is 11.5. The van der Waals surface area contributed by atoms with Gasteiger partial charge in [-0.1, -0.05) is 88.4 Å². The minimum absolute atomic E-state index is 0.0932. The molecule has 0 aliphatic heterocycles. The summed E-state index contributed by atoms with van der Waals surface area (Å²) in [5, 5.41) is 19.8. The molecule has 1 saturated carbocycles. The fourth-order valence-corrected chi connectivity index (χ4v) is 6.48. The lowest BCUT2D eigenvalue weighted by atomic mass is 9.73. The Morgan fingerprint density at radius 2 is 1.64 bits per heavy atom. The van der Waals surface area contributed by atoms with Crippen LogP contribution in [-0.4, -0.2) is 56.0 Å². The number of aliphatic hydroxyl groups excluding tert-OH is 2. The Kier molecular flexibility index (Phi) is 16.1. The van der Waals surface area contributed by atoms with Crippen molar-refractivity contribution in [1.82, 2.24) is 0 Å². The summed E-state index contributed by atoms with van der Waals surface area (Å²) in [7, 11) is 1.70. The average molecular weight is 643 g/mol. The fourth-order valence-electron chi connectivity index (χ4n) is 6.48. The third kappa shape index (κ3) is 11.3. The molecule has 47 heavy (non-hydrogen) atoms. The minimum Gasteiger partial charge on any atom is -0.462 e. The number of carbonyl (C=O) groups excluding carboxylic acids is 2. The normalized spacial score (nSPS) is 16.5. The van der Waals surface area contributed by atoms with Crippen LogP contribution in [0, 0.1) is 11.8 Å². The Labute approximate surface area is 281 Å². The second-order valence-corrected chi connectivity index (χ2v) is 12.7. The van der Waals surface area contributed by atoms with Crippen molar-refractivity contribution in [2.24, 2.45) is 11.8 Å². The third-order valence-electron chi connectivity index (χ3n) is 9.36. The van der Waals surface area contributed by atoms with Gasteiger partial charge in [0.05, 0.1) is 32.0 Å². The van der Waals surface area contributed by atoms with Crippen LogP contribution in [0.25, 0.3) is 21.9 Å². The predicted octanol–water partition coefficient (Wildman–Crippen LogP) is 8.16. The van der Waals surface area contributed by atoms with Crippen LogP contribution in [0.15, 0.2) is 78.9 Å². The maximum atomic E-state index is 12.0. The minimum atomic E-state index is -0.520. The molecule has 1 unspecified atom stereocenters. The Morgan fingerprint density at radius 1 is 0.915 bits per heavy atom. The van der Waals surface area contributed by atoms with Gasteiger partial charge in [-0.2, -0.15) is 0 Å².